The van der Waals surface area contributed by atoms with E-state index in [0.29, 0.717) is 34.1 Å². The first-order valence-corrected chi connectivity index (χ1v) is 11.0. The fourth-order valence-electron chi connectivity index (χ4n) is 8.21. The largest absolute Gasteiger partial charge is 0.390 e. The van der Waals surface area contributed by atoms with Gasteiger partial charge in [-0.3, -0.25) is 0 Å². The summed E-state index contributed by atoms with van der Waals surface area (Å²) in [6, 6.07) is 0. The molecule has 2 nitrogen and oxygen atoms in total. The maximum atomic E-state index is 11.5. The van der Waals surface area contributed by atoms with Gasteiger partial charge in [-0.2, -0.15) is 0 Å². The highest BCUT2D eigenvalue weighted by atomic mass is 79.9. The van der Waals surface area contributed by atoms with Gasteiger partial charge in [0.15, 0.2) is 0 Å². The second-order valence-corrected chi connectivity index (χ2v) is 11.5. The topological polar surface area (TPSA) is 29.5 Å². The van der Waals surface area contributed by atoms with Crippen molar-refractivity contribution >= 4 is 15.9 Å². The average molecular weight is 399 g/mol. The molecule has 0 aliphatic heterocycles. The summed E-state index contributed by atoms with van der Waals surface area (Å²) in [6.07, 6.45) is 7.64. The molecule has 0 aromatic heterocycles. The van der Waals surface area contributed by atoms with Crippen LogP contribution in [-0.4, -0.2) is 28.7 Å². The van der Waals surface area contributed by atoms with E-state index >= 15 is 0 Å². The van der Waals surface area contributed by atoms with E-state index in [9.17, 15) is 5.11 Å². The molecule has 1 N–H and O–H groups in total. The van der Waals surface area contributed by atoms with Crippen LogP contribution in [-0.2, 0) is 4.74 Å². The number of halogens is 1. The van der Waals surface area contributed by atoms with Gasteiger partial charge in [0.25, 0.3) is 0 Å². The lowest BCUT2D eigenvalue weighted by atomic mass is 9.43. The molecule has 24 heavy (non-hydrogen) atoms. The molecule has 4 fully saturated rings. The Kier molecular flexibility index (Phi) is 4.04. The Balaban J connectivity index is 1.82. The van der Waals surface area contributed by atoms with E-state index in [1.165, 1.54) is 25.7 Å². The Hall–Kier alpha value is 0.400. The highest BCUT2D eigenvalue weighted by Crippen LogP contribution is 2.74. The van der Waals surface area contributed by atoms with Crippen LogP contribution in [0.4, 0.5) is 0 Å². The van der Waals surface area contributed by atoms with Gasteiger partial charge >= 0.3 is 0 Å². The van der Waals surface area contributed by atoms with Gasteiger partial charge in [0.1, 0.15) is 0 Å². The molecule has 138 valence electrons. The number of hydrogen-bond donors (Lipinski definition) is 1. The average Bonchev–Trinajstić information content (AvgIpc) is 3.03. The lowest BCUT2D eigenvalue weighted by molar-refractivity contribution is -0.208. The molecular weight excluding hydrogens is 364 g/mol. The van der Waals surface area contributed by atoms with Crippen molar-refractivity contribution in [1.29, 1.82) is 0 Å². The van der Waals surface area contributed by atoms with E-state index in [1.54, 1.807) is 0 Å². The van der Waals surface area contributed by atoms with E-state index in [-0.39, 0.29) is 5.41 Å². The number of methoxy groups -OCH3 is 1. The molecule has 4 saturated carbocycles. The second kappa shape index (κ2) is 5.45. The van der Waals surface area contributed by atoms with E-state index in [4.69, 9.17) is 4.74 Å². The van der Waals surface area contributed by atoms with Crippen LogP contribution >= 0.6 is 15.9 Å². The predicted octanol–water partition coefficient (Wildman–Crippen LogP) is 5.02. The zero-order valence-corrected chi connectivity index (χ0v) is 17.6. The van der Waals surface area contributed by atoms with Crippen LogP contribution in [0.1, 0.15) is 66.2 Å². The molecule has 0 heterocycles. The molecule has 3 heteroatoms. The van der Waals surface area contributed by atoms with Crippen LogP contribution < -0.4 is 0 Å². The van der Waals surface area contributed by atoms with Crippen molar-refractivity contribution in [1.82, 2.24) is 0 Å². The Morgan fingerprint density at radius 1 is 1.17 bits per heavy atom. The third-order valence-corrected chi connectivity index (χ3v) is 10.5. The Morgan fingerprint density at radius 3 is 2.50 bits per heavy atom. The second-order valence-electron chi connectivity index (χ2n) is 10.4. The molecule has 0 aromatic rings. The van der Waals surface area contributed by atoms with E-state index in [1.807, 2.05) is 7.11 Å². The standard InChI is InChI=1S/C21H35BrO2/c1-12(2)14-10-13-11-21(14)9-8-19(3)15(22)6-7-20(4,23)18(19)16(21)17(13)24-5/h12-18,23H,6-11H2,1-5H3. The summed E-state index contributed by atoms with van der Waals surface area (Å²) in [5, 5.41) is 11.5. The Bertz CT molecular complexity index is 518. The van der Waals surface area contributed by atoms with Crippen LogP contribution in [0, 0.1) is 40.4 Å². The number of fused-ring (bicyclic) bond motifs is 3. The molecule has 4 aliphatic rings. The lowest BCUT2D eigenvalue weighted by Crippen LogP contribution is -2.64. The van der Waals surface area contributed by atoms with E-state index in [0.717, 1.165) is 24.7 Å². The van der Waals surface area contributed by atoms with E-state index < -0.39 is 5.60 Å². The van der Waals surface area contributed by atoms with Crippen LogP contribution in [0.25, 0.3) is 0 Å². The zero-order valence-electron chi connectivity index (χ0n) is 16.0. The molecule has 0 radical (unpaired) electrons. The van der Waals surface area contributed by atoms with Crippen molar-refractivity contribution in [3.8, 4) is 0 Å². The monoisotopic (exact) mass is 398 g/mol. The summed E-state index contributed by atoms with van der Waals surface area (Å²) in [7, 11) is 1.92. The quantitative estimate of drug-likeness (QED) is 0.661. The maximum absolute atomic E-state index is 11.5. The lowest BCUT2D eigenvalue weighted by Gasteiger charge is -2.64. The molecule has 4 aliphatic carbocycles. The van der Waals surface area contributed by atoms with Gasteiger partial charge in [0.2, 0.25) is 0 Å². The fourth-order valence-corrected chi connectivity index (χ4v) is 8.95. The first-order valence-electron chi connectivity index (χ1n) is 10.1. The van der Waals surface area contributed by atoms with Crippen molar-refractivity contribution in [3.63, 3.8) is 0 Å². The number of rotatable bonds is 2. The molecule has 9 unspecified atom stereocenters. The van der Waals surface area contributed by atoms with Gasteiger partial charge in [-0.1, -0.05) is 36.7 Å². The van der Waals surface area contributed by atoms with Crippen molar-refractivity contribution in [2.45, 2.75) is 82.8 Å². The number of alkyl halides is 1. The van der Waals surface area contributed by atoms with E-state index in [2.05, 4.69) is 43.6 Å². The van der Waals surface area contributed by atoms with Gasteiger partial charge in [0.05, 0.1) is 11.7 Å². The van der Waals surface area contributed by atoms with Gasteiger partial charge in [0, 0.05) is 11.9 Å². The highest BCUT2D eigenvalue weighted by molar-refractivity contribution is 9.09. The number of hydrogen-bond acceptors (Lipinski definition) is 2. The fraction of sp³-hybridized carbons (Fsp3) is 1.00. The maximum Gasteiger partial charge on any atom is 0.0657 e. The van der Waals surface area contributed by atoms with Crippen LogP contribution in [0.2, 0.25) is 0 Å². The molecule has 0 saturated heterocycles. The first-order chi connectivity index (χ1) is 11.2. The summed E-state index contributed by atoms with van der Waals surface area (Å²) < 4.78 is 6.13. The minimum atomic E-state index is -0.556. The van der Waals surface area contributed by atoms with Gasteiger partial charge in [-0.05, 0) is 85.9 Å². The summed E-state index contributed by atoms with van der Waals surface area (Å²) in [4.78, 5) is 0.529. The molecule has 2 bridgehead atoms. The van der Waals surface area contributed by atoms with Crippen molar-refractivity contribution < 1.29 is 9.84 Å². The summed E-state index contributed by atoms with van der Waals surface area (Å²) in [5.41, 5.74) is 0.0537. The molecule has 0 amide bonds. The van der Waals surface area contributed by atoms with Crippen molar-refractivity contribution in [2.75, 3.05) is 7.11 Å². The first kappa shape index (κ1) is 17.8. The third kappa shape index (κ3) is 2.07. The van der Waals surface area contributed by atoms with Crippen LogP contribution in [0.5, 0.6) is 0 Å². The van der Waals surface area contributed by atoms with Gasteiger partial charge in [-0.15, -0.1) is 0 Å². The van der Waals surface area contributed by atoms with Crippen molar-refractivity contribution in [3.05, 3.63) is 0 Å². The minimum absolute atomic E-state index is 0.195. The molecular formula is C21H35BrO2. The number of aliphatic hydroxyl groups is 1. The highest BCUT2D eigenvalue weighted by Gasteiger charge is 2.72. The Labute approximate surface area is 156 Å². The molecule has 9 atom stereocenters. The predicted molar refractivity (Wildman–Crippen MR) is 101 cm³/mol. The summed E-state index contributed by atoms with van der Waals surface area (Å²) in [5.74, 6) is 3.15. The summed E-state index contributed by atoms with van der Waals surface area (Å²) >= 11 is 4.02. The smallest absolute Gasteiger partial charge is 0.0657 e. The number of ether oxygens (including phenoxy) is 1. The SMILES string of the molecule is COC1C2CC(C(C)C)C3(CCC4(C)C(Br)CCC(C)(O)C4C13)C2. The van der Waals surface area contributed by atoms with Gasteiger partial charge < -0.3 is 9.84 Å². The zero-order chi connectivity index (χ0) is 17.5. The summed E-state index contributed by atoms with van der Waals surface area (Å²) in [6.45, 7) is 9.40. The third-order valence-electron chi connectivity index (χ3n) is 8.98. The minimum Gasteiger partial charge on any atom is -0.390 e. The normalized spacial score (nSPS) is 59.5. The molecule has 4 rings (SSSR count). The van der Waals surface area contributed by atoms with Gasteiger partial charge in [-0.25, -0.2) is 0 Å². The Morgan fingerprint density at radius 2 is 1.88 bits per heavy atom. The van der Waals surface area contributed by atoms with Crippen LogP contribution in [0.3, 0.4) is 0 Å². The van der Waals surface area contributed by atoms with Crippen LogP contribution in [0.15, 0.2) is 0 Å². The molecule has 0 aromatic carbocycles. The van der Waals surface area contributed by atoms with Crippen molar-refractivity contribution in [2.24, 2.45) is 40.4 Å². The molecule has 1 spiro atoms.